The minimum Gasteiger partial charge on any atom is -0.337 e. The zero-order chi connectivity index (χ0) is 21.9. The minimum absolute atomic E-state index is 0.352. The number of thiazole rings is 1. The van der Waals surface area contributed by atoms with Crippen LogP contribution in [0.15, 0.2) is 35.6 Å². The zero-order valence-corrected chi connectivity index (χ0v) is 18.4. The number of rotatable bonds is 7. The molecule has 8 nitrogen and oxygen atoms in total. The van der Waals surface area contributed by atoms with Crippen LogP contribution in [0.5, 0.6) is 0 Å². The SMILES string of the molecule is CCn1cnc(CCNC(=O)Nc2nc(C)c(-c3ccc(S(C)(=O)=O)c(F)c3)s2)c1. The topological polar surface area (TPSA) is 106 Å². The minimum atomic E-state index is -3.64. The molecule has 0 unspecified atom stereocenters. The van der Waals surface area contributed by atoms with Crippen LogP contribution in [0.2, 0.25) is 0 Å². The first-order valence-electron chi connectivity index (χ1n) is 9.20. The number of nitrogens with one attached hydrogen (secondary N) is 2. The van der Waals surface area contributed by atoms with Gasteiger partial charge in [0.25, 0.3) is 0 Å². The van der Waals surface area contributed by atoms with Gasteiger partial charge in [-0.15, -0.1) is 0 Å². The van der Waals surface area contributed by atoms with E-state index in [1.807, 2.05) is 17.7 Å². The number of benzene rings is 1. The molecular formula is C19H22FN5O3S2. The Hall–Kier alpha value is -2.79. The Morgan fingerprint density at radius 1 is 1.33 bits per heavy atom. The third-order valence-corrected chi connectivity index (χ3v) is 6.58. The Balaban J connectivity index is 1.63. The normalized spacial score (nSPS) is 11.5. The predicted octanol–water partition coefficient (Wildman–Crippen LogP) is 3.24. The Labute approximate surface area is 178 Å². The lowest BCUT2D eigenvalue weighted by Gasteiger charge is -2.04. The highest BCUT2D eigenvalue weighted by Crippen LogP contribution is 2.34. The van der Waals surface area contributed by atoms with Crippen LogP contribution in [0.3, 0.4) is 0 Å². The van der Waals surface area contributed by atoms with Crippen molar-refractivity contribution in [3.05, 3.63) is 47.9 Å². The van der Waals surface area contributed by atoms with Crippen LogP contribution in [0.1, 0.15) is 18.3 Å². The third kappa shape index (κ3) is 5.22. The van der Waals surface area contributed by atoms with Gasteiger partial charge in [0.2, 0.25) is 0 Å². The Kier molecular flexibility index (Phi) is 6.52. The fourth-order valence-electron chi connectivity index (χ4n) is 2.81. The first-order chi connectivity index (χ1) is 14.2. The molecule has 30 heavy (non-hydrogen) atoms. The number of sulfone groups is 1. The van der Waals surface area contributed by atoms with Crippen LogP contribution < -0.4 is 10.6 Å². The maximum absolute atomic E-state index is 14.2. The number of urea groups is 1. The second kappa shape index (κ2) is 8.92. The Morgan fingerprint density at radius 3 is 2.73 bits per heavy atom. The average Bonchev–Trinajstić information content (AvgIpc) is 3.26. The summed E-state index contributed by atoms with van der Waals surface area (Å²) >= 11 is 1.18. The molecule has 0 saturated carbocycles. The van der Waals surface area contributed by atoms with E-state index in [1.54, 1.807) is 13.3 Å². The molecule has 0 aliphatic rings. The molecule has 1 aromatic carbocycles. The first-order valence-corrected chi connectivity index (χ1v) is 11.9. The van der Waals surface area contributed by atoms with Gasteiger partial charge in [-0.1, -0.05) is 17.4 Å². The van der Waals surface area contributed by atoms with Crippen LogP contribution >= 0.6 is 11.3 Å². The summed E-state index contributed by atoms with van der Waals surface area (Å²) < 4.78 is 39.3. The quantitative estimate of drug-likeness (QED) is 0.574. The maximum atomic E-state index is 14.2. The van der Waals surface area contributed by atoms with Gasteiger partial charge in [-0.2, -0.15) is 0 Å². The van der Waals surface area contributed by atoms with E-state index < -0.39 is 21.7 Å². The van der Waals surface area contributed by atoms with Gasteiger partial charge in [-0.05, 0) is 31.5 Å². The summed E-state index contributed by atoms with van der Waals surface area (Å²) in [4.78, 5) is 21.0. The third-order valence-electron chi connectivity index (χ3n) is 4.33. The molecule has 0 saturated heterocycles. The highest BCUT2D eigenvalue weighted by molar-refractivity contribution is 7.90. The molecule has 11 heteroatoms. The van der Waals surface area contributed by atoms with Gasteiger partial charge < -0.3 is 9.88 Å². The van der Waals surface area contributed by atoms with Gasteiger partial charge in [0, 0.05) is 32.0 Å². The lowest BCUT2D eigenvalue weighted by atomic mass is 10.1. The number of anilines is 1. The largest absolute Gasteiger partial charge is 0.337 e. The van der Waals surface area contributed by atoms with Crippen LogP contribution in [0.4, 0.5) is 14.3 Å². The van der Waals surface area contributed by atoms with Crippen molar-refractivity contribution in [3.63, 3.8) is 0 Å². The van der Waals surface area contributed by atoms with Gasteiger partial charge in [-0.3, -0.25) is 5.32 Å². The number of hydrogen-bond acceptors (Lipinski definition) is 6. The second-order valence-electron chi connectivity index (χ2n) is 6.68. The van der Waals surface area contributed by atoms with E-state index in [4.69, 9.17) is 0 Å². The number of nitrogens with zero attached hydrogens (tertiary/aromatic N) is 3. The van der Waals surface area contributed by atoms with E-state index in [-0.39, 0.29) is 4.90 Å². The number of aryl methyl sites for hydroxylation is 2. The molecule has 2 amide bonds. The Morgan fingerprint density at radius 2 is 2.10 bits per heavy atom. The van der Waals surface area contributed by atoms with Crippen molar-refractivity contribution in [2.24, 2.45) is 0 Å². The van der Waals surface area contributed by atoms with E-state index >= 15 is 0 Å². The van der Waals surface area contributed by atoms with Crippen molar-refractivity contribution in [2.75, 3.05) is 18.1 Å². The first kappa shape index (κ1) is 21.9. The van der Waals surface area contributed by atoms with Crippen molar-refractivity contribution in [1.82, 2.24) is 19.9 Å². The van der Waals surface area contributed by atoms with Crippen molar-refractivity contribution in [1.29, 1.82) is 0 Å². The highest BCUT2D eigenvalue weighted by atomic mass is 32.2. The summed E-state index contributed by atoms with van der Waals surface area (Å²) in [5.41, 5.74) is 1.99. The average molecular weight is 452 g/mol. The van der Waals surface area contributed by atoms with Crippen LogP contribution in [0, 0.1) is 12.7 Å². The summed E-state index contributed by atoms with van der Waals surface area (Å²) in [6, 6.07) is 3.53. The molecule has 0 aliphatic carbocycles. The van der Waals surface area contributed by atoms with E-state index in [1.165, 1.54) is 23.5 Å². The van der Waals surface area contributed by atoms with Crippen molar-refractivity contribution >= 4 is 32.3 Å². The molecule has 2 heterocycles. The smallest absolute Gasteiger partial charge is 0.321 e. The molecule has 0 atom stereocenters. The van der Waals surface area contributed by atoms with Crippen LogP contribution in [-0.4, -0.2) is 41.8 Å². The molecule has 160 valence electrons. The fourth-order valence-corrected chi connectivity index (χ4v) is 4.50. The predicted molar refractivity (Wildman–Crippen MR) is 114 cm³/mol. The standard InChI is InChI=1S/C19H22FN5O3S2/c1-4-25-10-14(22-11-25)7-8-21-18(26)24-19-23-12(2)17(29-19)13-5-6-16(15(20)9-13)30(3,27)28/h5-6,9-11H,4,7-8H2,1-3H3,(H2,21,23,24,26). The van der Waals surface area contributed by atoms with Gasteiger partial charge in [0.1, 0.15) is 10.7 Å². The molecule has 2 aromatic heterocycles. The van der Waals surface area contributed by atoms with Crippen LogP contribution in [0.25, 0.3) is 10.4 Å². The van der Waals surface area contributed by atoms with Crippen LogP contribution in [-0.2, 0) is 22.8 Å². The monoisotopic (exact) mass is 451 g/mol. The molecule has 0 fully saturated rings. The van der Waals surface area contributed by atoms with Crippen molar-refractivity contribution in [3.8, 4) is 10.4 Å². The fraction of sp³-hybridized carbons (Fsp3) is 0.316. The number of imidazole rings is 1. The Bertz CT molecular complexity index is 1170. The highest BCUT2D eigenvalue weighted by Gasteiger charge is 2.17. The molecule has 3 rings (SSSR count). The summed E-state index contributed by atoms with van der Waals surface area (Å²) in [5.74, 6) is -0.819. The number of halogens is 1. The number of aromatic nitrogens is 3. The van der Waals surface area contributed by atoms with Gasteiger partial charge in [-0.25, -0.2) is 27.6 Å². The summed E-state index contributed by atoms with van der Waals surface area (Å²) in [7, 11) is -3.64. The van der Waals surface area contributed by atoms with E-state index in [0.717, 1.165) is 24.6 Å². The van der Waals surface area contributed by atoms with E-state index in [2.05, 4.69) is 20.6 Å². The molecule has 2 N–H and O–H groups in total. The molecule has 3 aromatic rings. The molecule has 0 spiro atoms. The lowest BCUT2D eigenvalue weighted by Crippen LogP contribution is -2.30. The van der Waals surface area contributed by atoms with Gasteiger partial charge in [0.15, 0.2) is 15.0 Å². The lowest BCUT2D eigenvalue weighted by molar-refractivity contribution is 0.252. The number of amides is 2. The van der Waals surface area contributed by atoms with Gasteiger partial charge >= 0.3 is 6.03 Å². The van der Waals surface area contributed by atoms with E-state index in [9.17, 15) is 17.6 Å². The summed E-state index contributed by atoms with van der Waals surface area (Å²) in [5, 5.41) is 5.78. The molecular weight excluding hydrogens is 429 g/mol. The molecule has 0 bridgehead atoms. The number of hydrogen-bond donors (Lipinski definition) is 2. The maximum Gasteiger partial charge on any atom is 0.321 e. The number of carbonyl (C=O) groups excluding carboxylic acids is 1. The molecule has 0 aliphatic heterocycles. The van der Waals surface area contributed by atoms with Crippen molar-refractivity contribution < 1.29 is 17.6 Å². The van der Waals surface area contributed by atoms with Crippen molar-refractivity contribution in [2.45, 2.75) is 31.7 Å². The summed E-state index contributed by atoms with van der Waals surface area (Å²) in [6.07, 6.45) is 5.25. The van der Waals surface area contributed by atoms with E-state index in [0.29, 0.717) is 34.2 Å². The number of carbonyl (C=O) groups is 1. The summed E-state index contributed by atoms with van der Waals surface area (Å²) in [6.45, 7) is 5.02. The second-order valence-corrected chi connectivity index (χ2v) is 9.66. The zero-order valence-electron chi connectivity index (χ0n) is 16.8. The molecule has 0 radical (unpaired) electrons. The van der Waals surface area contributed by atoms with Gasteiger partial charge in [0.05, 0.1) is 22.6 Å².